The van der Waals surface area contributed by atoms with Crippen LogP contribution in [0.25, 0.3) is 0 Å². The zero-order valence-electron chi connectivity index (χ0n) is 8.00. The van der Waals surface area contributed by atoms with Crippen LogP contribution in [0.15, 0.2) is 0 Å². The van der Waals surface area contributed by atoms with E-state index in [4.69, 9.17) is 5.73 Å². The fourth-order valence-electron chi connectivity index (χ4n) is 2.58. The average molecular weight is 168 g/mol. The summed E-state index contributed by atoms with van der Waals surface area (Å²) in [4.78, 5) is 2.66. The Labute approximate surface area is 75.1 Å². The molecule has 1 aliphatic carbocycles. The standard InChI is InChI=1S/C10H20N2/c1-8-4-5-12(7-8)10-3-2-9(10)6-11/h8-10H,2-7,11H2,1H3. The van der Waals surface area contributed by atoms with Gasteiger partial charge in [0, 0.05) is 12.6 Å². The van der Waals surface area contributed by atoms with E-state index >= 15 is 0 Å². The second-order valence-corrected chi connectivity index (χ2v) is 4.53. The maximum atomic E-state index is 5.70. The van der Waals surface area contributed by atoms with Crippen LogP contribution in [0.4, 0.5) is 0 Å². The van der Waals surface area contributed by atoms with Gasteiger partial charge in [-0.05, 0) is 44.2 Å². The van der Waals surface area contributed by atoms with E-state index in [-0.39, 0.29) is 0 Å². The van der Waals surface area contributed by atoms with Crippen LogP contribution in [0.3, 0.4) is 0 Å². The number of rotatable bonds is 2. The molecule has 2 nitrogen and oxygen atoms in total. The largest absolute Gasteiger partial charge is 0.330 e. The van der Waals surface area contributed by atoms with Crippen molar-refractivity contribution in [1.29, 1.82) is 0 Å². The number of hydrogen-bond acceptors (Lipinski definition) is 2. The molecule has 70 valence electrons. The van der Waals surface area contributed by atoms with Crippen molar-refractivity contribution < 1.29 is 0 Å². The van der Waals surface area contributed by atoms with Gasteiger partial charge >= 0.3 is 0 Å². The predicted octanol–water partition coefficient (Wildman–Crippen LogP) is 1.07. The summed E-state index contributed by atoms with van der Waals surface area (Å²) in [5, 5.41) is 0. The van der Waals surface area contributed by atoms with E-state index in [2.05, 4.69) is 11.8 Å². The van der Waals surface area contributed by atoms with Gasteiger partial charge in [-0.2, -0.15) is 0 Å². The van der Waals surface area contributed by atoms with Crippen LogP contribution in [0.2, 0.25) is 0 Å². The van der Waals surface area contributed by atoms with Crippen LogP contribution in [-0.4, -0.2) is 30.6 Å². The Morgan fingerprint density at radius 3 is 2.58 bits per heavy atom. The number of nitrogens with zero attached hydrogens (tertiary/aromatic N) is 1. The molecule has 0 aromatic carbocycles. The lowest BCUT2D eigenvalue weighted by atomic mass is 9.78. The second-order valence-electron chi connectivity index (χ2n) is 4.53. The molecule has 2 aliphatic rings. The molecule has 2 heteroatoms. The Balaban J connectivity index is 1.85. The summed E-state index contributed by atoms with van der Waals surface area (Å²) in [6.45, 7) is 5.90. The number of nitrogens with two attached hydrogens (primary N) is 1. The van der Waals surface area contributed by atoms with Crippen molar-refractivity contribution in [2.24, 2.45) is 17.6 Å². The molecule has 0 aromatic heterocycles. The fraction of sp³-hybridized carbons (Fsp3) is 1.00. The van der Waals surface area contributed by atoms with Gasteiger partial charge in [-0.1, -0.05) is 6.92 Å². The zero-order valence-corrected chi connectivity index (χ0v) is 8.00. The van der Waals surface area contributed by atoms with Gasteiger partial charge in [0.1, 0.15) is 0 Å². The summed E-state index contributed by atoms with van der Waals surface area (Å²) in [6, 6.07) is 0.847. The zero-order chi connectivity index (χ0) is 8.55. The first-order valence-electron chi connectivity index (χ1n) is 5.25. The van der Waals surface area contributed by atoms with E-state index in [9.17, 15) is 0 Å². The molecule has 2 N–H and O–H groups in total. The monoisotopic (exact) mass is 168 g/mol. The molecule has 0 aromatic rings. The Bertz CT molecular complexity index is 156. The first-order valence-corrected chi connectivity index (χ1v) is 5.25. The van der Waals surface area contributed by atoms with Crippen LogP contribution in [0.5, 0.6) is 0 Å². The molecule has 0 bridgehead atoms. The van der Waals surface area contributed by atoms with E-state index in [1.165, 1.54) is 32.4 Å². The third kappa shape index (κ3) is 1.38. The Morgan fingerprint density at radius 2 is 2.17 bits per heavy atom. The molecule has 3 atom stereocenters. The molecule has 2 rings (SSSR count). The summed E-state index contributed by atoms with van der Waals surface area (Å²) < 4.78 is 0. The molecule has 12 heavy (non-hydrogen) atoms. The lowest BCUT2D eigenvalue weighted by Gasteiger charge is -2.42. The van der Waals surface area contributed by atoms with Crippen molar-refractivity contribution in [2.45, 2.75) is 32.2 Å². The summed E-state index contributed by atoms with van der Waals surface area (Å²) in [7, 11) is 0. The van der Waals surface area contributed by atoms with Crippen LogP contribution < -0.4 is 5.73 Å². The van der Waals surface area contributed by atoms with Gasteiger partial charge < -0.3 is 5.73 Å². The Morgan fingerprint density at radius 1 is 1.33 bits per heavy atom. The molecule has 2 fully saturated rings. The number of hydrogen-bond donors (Lipinski definition) is 1. The van der Waals surface area contributed by atoms with Crippen molar-refractivity contribution in [3.63, 3.8) is 0 Å². The van der Waals surface area contributed by atoms with Gasteiger partial charge in [0.25, 0.3) is 0 Å². The number of likely N-dealkylation sites (tertiary alicyclic amines) is 1. The van der Waals surface area contributed by atoms with Crippen molar-refractivity contribution in [3.05, 3.63) is 0 Å². The molecule has 0 radical (unpaired) electrons. The van der Waals surface area contributed by atoms with E-state index in [1.54, 1.807) is 0 Å². The van der Waals surface area contributed by atoms with Crippen LogP contribution in [0.1, 0.15) is 26.2 Å². The summed E-state index contributed by atoms with van der Waals surface area (Å²) in [6.07, 6.45) is 4.16. The van der Waals surface area contributed by atoms with Gasteiger partial charge in [-0.3, -0.25) is 4.90 Å². The van der Waals surface area contributed by atoms with Crippen molar-refractivity contribution in [2.75, 3.05) is 19.6 Å². The van der Waals surface area contributed by atoms with Crippen molar-refractivity contribution in [1.82, 2.24) is 4.90 Å². The third-order valence-corrected chi connectivity index (χ3v) is 3.60. The van der Waals surface area contributed by atoms with Crippen LogP contribution >= 0.6 is 0 Å². The normalized spacial score (nSPS) is 43.0. The molecule has 1 heterocycles. The van der Waals surface area contributed by atoms with E-state index < -0.39 is 0 Å². The maximum Gasteiger partial charge on any atom is 0.0136 e. The summed E-state index contributed by atoms with van der Waals surface area (Å²) in [5.41, 5.74) is 5.70. The second kappa shape index (κ2) is 3.35. The fourth-order valence-corrected chi connectivity index (χ4v) is 2.58. The highest BCUT2D eigenvalue weighted by Gasteiger charge is 2.36. The molecule has 1 aliphatic heterocycles. The quantitative estimate of drug-likeness (QED) is 0.668. The Kier molecular flexibility index (Phi) is 2.37. The smallest absolute Gasteiger partial charge is 0.0136 e. The molecule has 3 unspecified atom stereocenters. The lowest BCUT2D eigenvalue weighted by Crippen LogP contribution is -2.48. The molecule has 1 saturated heterocycles. The summed E-state index contributed by atoms with van der Waals surface area (Å²) >= 11 is 0. The highest BCUT2D eigenvalue weighted by molar-refractivity contribution is 4.91. The molecular weight excluding hydrogens is 148 g/mol. The topological polar surface area (TPSA) is 29.3 Å². The molecular formula is C10H20N2. The first-order chi connectivity index (χ1) is 5.81. The Hall–Kier alpha value is -0.0800. The van der Waals surface area contributed by atoms with Gasteiger partial charge in [-0.15, -0.1) is 0 Å². The molecule has 0 amide bonds. The minimum atomic E-state index is 0.815. The summed E-state index contributed by atoms with van der Waals surface area (Å²) in [5.74, 6) is 1.74. The highest BCUT2D eigenvalue weighted by atomic mass is 15.2. The minimum Gasteiger partial charge on any atom is -0.330 e. The van der Waals surface area contributed by atoms with E-state index in [1.807, 2.05) is 0 Å². The average Bonchev–Trinajstić information content (AvgIpc) is 2.35. The molecule has 1 saturated carbocycles. The van der Waals surface area contributed by atoms with Gasteiger partial charge in [0.15, 0.2) is 0 Å². The van der Waals surface area contributed by atoms with Crippen LogP contribution in [-0.2, 0) is 0 Å². The van der Waals surface area contributed by atoms with E-state index in [0.717, 1.165) is 24.4 Å². The predicted molar refractivity (Wildman–Crippen MR) is 50.9 cm³/mol. The van der Waals surface area contributed by atoms with Crippen molar-refractivity contribution in [3.8, 4) is 0 Å². The molecule has 0 spiro atoms. The minimum absolute atomic E-state index is 0.815. The first kappa shape index (κ1) is 8.52. The van der Waals surface area contributed by atoms with Crippen molar-refractivity contribution >= 4 is 0 Å². The van der Waals surface area contributed by atoms with Gasteiger partial charge in [0.05, 0.1) is 0 Å². The maximum absolute atomic E-state index is 5.70. The third-order valence-electron chi connectivity index (χ3n) is 3.60. The lowest BCUT2D eigenvalue weighted by molar-refractivity contribution is 0.0853. The van der Waals surface area contributed by atoms with Gasteiger partial charge in [-0.25, -0.2) is 0 Å². The highest BCUT2D eigenvalue weighted by Crippen LogP contribution is 2.34. The SMILES string of the molecule is CC1CCN(C2CCC2CN)C1. The van der Waals surface area contributed by atoms with Crippen LogP contribution in [0, 0.1) is 11.8 Å². The van der Waals surface area contributed by atoms with E-state index in [0.29, 0.717) is 0 Å². The van der Waals surface area contributed by atoms with Gasteiger partial charge in [0.2, 0.25) is 0 Å².